The lowest BCUT2D eigenvalue weighted by Gasteiger charge is -2.52. The number of anilines is 1. The smallest absolute Gasteiger partial charge is 0.486 e. The van der Waals surface area contributed by atoms with Crippen LogP contribution < -0.4 is 4.90 Å². The molecule has 176 valence electrons. The van der Waals surface area contributed by atoms with E-state index in [2.05, 4.69) is 25.3 Å². The van der Waals surface area contributed by atoms with Crippen LogP contribution in [0.25, 0.3) is 22.4 Å². The minimum absolute atomic E-state index is 0.0471. The fraction of sp³-hybridized carbons (Fsp3) is 0.435. The number of rotatable bonds is 4. The van der Waals surface area contributed by atoms with Gasteiger partial charge < -0.3 is 10.0 Å². The van der Waals surface area contributed by atoms with E-state index in [1.807, 2.05) is 27.8 Å². The van der Waals surface area contributed by atoms with E-state index < -0.39 is 17.9 Å². The van der Waals surface area contributed by atoms with Gasteiger partial charge in [0.25, 0.3) is 0 Å². The van der Waals surface area contributed by atoms with E-state index in [1.165, 1.54) is 12.1 Å². The molecule has 3 heterocycles. The number of halogens is 3. The zero-order valence-corrected chi connectivity index (χ0v) is 18.9. The molecular formula is C23H27F3N6O. The Kier molecular flexibility index (Phi) is 5.81. The fourth-order valence-electron chi connectivity index (χ4n) is 4.46. The number of aromatic nitrogens is 4. The van der Waals surface area contributed by atoms with E-state index in [9.17, 15) is 18.3 Å². The lowest BCUT2D eigenvalue weighted by Crippen LogP contribution is -2.62. The Hall–Kier alpha value is -3.14. The SMILES string of the molecule is CC1C(N(c2ccc(-c3ccc(-c4cn[nH]c4)cc3O)nn2)C(F)(F)F)CCN(C)C1(C)C. The molecule has 1 aromatic carbocycles. The van der Waals surface area contributed by atoms with Crippen LogP contribution in [-0.2, 0) is 0 Å². The van der Waals surface area contributed by atoms with Gasteiger partial charge >= 0.3 is 6.30 Å². The minimum atomic E-state index is -4.60. The molecule has 2 aromatic heterocycles. The zero-order valence-electron chi connectivity index (χ0n) is 18.9. The molecule has 33 heavy (non-hydrogen) atoms. The number of aromatic hydroxyl groups is 1. The summed E-state index contributed by atoms with van der Waals surface area (Å²) in [5, 5.41) is 25.0. The molecule has 2 N–H and O–H groups in total. The summed E-state index contributed by atoms with van der Waals surface area (Å²) in [7, 11) is 1.93. The standard InChI is InChI=1S/C23H27F3N6O/c1-14-19(9-10-31(4)22(14,2)3)32(23(24,25)26)21-8-7-18(29-30-21)17-6-5-15(11-20(17)33)16-12-27-28-13-16/h5-8,11-14,19,33H,9-10H2,1-4H3,(H,27,28). The van der Waals surface area contributed by atoms with Gasteiger partial charge in [-0.15, -0.1) is 10.2 Å². The summed E-state index contributed by atoms with van der Waals surface area (Å²) in [6.45, 7) is 6.32. The molecule has 7 nitrogen and oxygen atoms in total. The molecule has 4 rings (SSSR count). The number of nitrogens with zero attached hydrogens (tertiary/aromatic N) is 5. The molecule has 3 aromatic rings. The van der Waals surface area contributed by atoms with Crippen molar-refractivity contribution >= 4 is 5.82 Å². The topological polar surface area (TPSA) is 81.2 Å². The van der Waals surface area contributed by atoms with Crippen molar-refractivity contribution in [2.75, 3.05) is 18.5 Å². The van der Waals surface area contributed by atoms with Crippen LogP contribution in [0.4, 0.5) is 19.0 Å². The van der Waals surface area contributed by atoms with Gasteiger partial charge in [-0.2, -0.15) is 18.3 Å². The first-order chi connectivity index (χ1) is 15.5. The molecule has 1 aliphatic rings. The van der Waals surface area contributed by atoms with Crippen molar-refractivity contribution < 1.29 is 18.3 Å². The highest BCUT2D eigenvalue weighted by Crippen LogP contribution is 2.41. The Balaban J connectivity index is 1.64. The van der Waals surface area contributed by atoms with Crippen molar-refractivity contribution in [3.8, 4) is 28.1 Å². The van der Waals surface area contributed by atoms with Crippen molar-refractivity contribution in [2.24, 2.45) is 5.92 Å². The number of phenolic OH excluding ortho intramolecular Hbond substituents is 1. The van der Waals surface area contributed by atoms with E-state index in [4.69, 9.17) is 0 Å². The van der Waals surface area contributed by atoms with E-state index in [-0.39, 0.29) is 23.2 Å². The zero-order chi connectivity index (χ0) is 24.0. The largest absolute Gasteiger partial charge is 0.507 e. The lowest BCUT2D eigenvalue weighted by atomic mass is 9.76. The summed E-state index contributed by atoms with van der Waals surface area (Å²) in [6.07, 6.45) is -0.921. The van der Waals surface area contributed by atoms with Gasteiger partial charge in [0.15, 0.2) is 5.82 Å². The molecule has 0 saturated carbocycles. The molecule has 0 aliphatic carbocycles. The van der Waals surface area contributed by atoms with E-state index in [0.717, 1.165) is 11.1 Å². The molecule has 10 heteroatoms. The van der Waals surface area contributed by atoms with Crippen LogP contribution >= 0.6 is 0 Å². The van der Waals surface area contributed by atoms with Gasteiger partial charge in [0.05, 0.1) is 11.9 Å². The van der Waals surface area contributed by atoms with Crippen LogP contribution in [-0.4, -0.2) is 61.9 Å². The minimum Gasteiger partial charge on any atom is -0.507 e. The second kappa shape index (κ2) is 8.33. The third kappa shape index (κ3) is 4.27. The number of alkyl halides is 3. The third-order valence-corrected chi connectivity index (χ3v) is 7.04. The summed E-state index contributed by atoms with van der Waals surface area (Å²) in [6, 6.07) is 7.00. The van der Waals surface area contributed by atoms with Crippen molar-refractivity contribution in [2.45, 2.75) is 45.1 Å². The van der Waals surface area contributed by atoms with Gasteiger partial charge in [-0.1, -0.05) is 13.0 Å². The average molecular weight is 461 g/mol. The number of piperidine rings is 1. The summed E-state index contributed by atoms with van der Waals surface area (Å²) < 4.78 is 42.5. The monoisotopic (exact) mass is 460 g/mol. The van der Waals surface area contributed by atoms with Gasteiger partial charge in [-0.3, -0.25) is 10.00 Å². The molecule has 2 atom stereocenters. The van der Waals surface area contributed by atoms with Crippen LogP contribution in [0.15, 0.2) is 42.7 Å². The van der Waals surface area contributed by atoms with Gasteiger partial charge in [0.2, 0.25) is 0 Å². The first kappa shape index (κ1) is 23.0. The summed E-state index contributed by atoms with van der Waals surface area (Å²) in [4.78, 5) is 2.53. The first-order valence-electron chi connectivity index (χ1n) is 10.7. The first-order valence-corrected chi connectivity index (χ1v) is 10.7. The molecule has 1 saturated heterocycles. The molecule has 0 spiro atoms. The summed E-state index contributed by atoms with van der Waals surface area (Å²) in [5.41, 5.74) is 1.82. The van der Waals surface area contributed by atoms with Crippen molar-refractivity contribution in [1.82, 2.24) is 25.3 Å². The molecule has 0 amide bonds. The molecule has 0 radical (unpaired) electrons. The maximum Gasteiger partial charge on any atom is 0.486 e. The molecule has 1 aliphatic heterocycles. The summed E-state index contributed by atoms with van der Waals surface area (Å²) >= 11 is 0. The normalized spacial score (nSPS) is 21.2. The Morgan fingerprint density at radius 1 is 1.15 bits per heavy atom. The van der Waals surface area contributed by atoms with Crippen LogP contribution in [0, 0.1) is 5.92 Å². The van der Waals surface area contributed by atoms with Gasteiger partial charge in [0.1, 0.15) is 5.75 Å². The van der Waals surface area contributed by atoms with E-state index >= 15 is 0 Å². The second-order valence-electron chi connectivity index (χ2n) is 9.05. The van der Waals surface area contributed by atoms with Crippen LogP contribution in [0.1, 0.15) is 27.2 Å². The second-order valence-corrected chi connectivity index (χ2v) is 9.05. The number of likely N-dealkylation sites (tertiary alicyclic amines) is 1. The van der Waals surface area contributed by atoms with E-state index in [0.29, 0.717) is 23.4 Å². The molecular weight excluding hydrogens is 433 g/mol. The predicted octanol–water partition coefficient (Wildman–Crippen LogP) is 4.68. The van der Waals surface area contributed by atoms with Crippen LogP contribution in [0.3, 0.4) is 0 Å². The number of nitrogens with one attached hydrogen (secondary N) is 1. The quantitative estimate of drug-likeness (QED) is 0.550. The molecule has 2 unspecified atom stereocenters. The number of aromatic amines is 1. The number of hydrogen-bond donors (Lipinski definition) is 2. The Labute approximate surface area is 190 Å². The lowest BCUT2D eigenvalue weighted by molar-refractivity contribution is -0.144. The fourth-order valence-corrected chi connectivity index (χ4v) is 4.46. The van der Waals surface area contributed by atoms with E-state index in [1.54, 1.807) is 30.6 Å². The van der Waals surface area contributed by atoms with Crippen molar-refractivity contribution in [3.63, 3.8) is 0 Å². The predicted molar refractivity (Wildman–Crippen MR) is 120 cm³/mol. The summed E-state index contributed by atoms with van der Waals surface area (Å²) in [5.74, 6) is -0.564. The highest BCUT2D eigenvalue weighted by atomic mass is 19.4. The maximum atomic E-state index is 14.2. The average Bonchev–Trinajstić information content (AvgIpc) is 3.29. The van der Waals surface area contributed by atoms with Gasteiger partial charge in [-0.05, 0) is 63.1 Å². The number of H-pyrrole nitrogens is 1. The number of phenols is 1. The van der Waals surface area contributed by atoms with Gasteiger partial charge in [0, 0.05) is 35.4 Å². The number of benzene rings is 1. The van der Waals surface area contributed by atoms with Crippen LogP contribution in [0.5, 0.6) is 5.75 Å². The molecule has 0 bridgehead atoms. The highest BCUT2D eigenvalue weighted by molar-refractivity contribution is 5.73. The Morgan fingerprint density at radius 2 is 1.91 bits per heavy atom. The third-order valence-electron chi connectivity index (χ3n) is 7.04. The van der Waals surface area contributed by atoms with Gasteiger partial charge in [-0.25, -0.2) is 0 Å². The Morgan fingerprint density at radius 3 is 2.48 bits per heavy atom. The highest BCUT2D eigenvalue weighted by Gasteiger charge is 2.50. The molecule has 1 fully saturated rings. The maximum absolute atomic E-state index is 14.2. The number of hydrogen-bond acceptors (Lipinski definition) is 6. The van der Waals surface area contributed by atoms with Crippen molar-refractivity contribution in [1.29, 1.82) is 0 Å². The van der Waals surface area contributed by atoms with Crippen molar-refractivity contribution in [3.05, 3.63) is 42.7 Å². The Bertz CT molecular complexity index is 1100. The van der Waals surface area contributed by atoms with Crippen LogP contribution in [0.2, 0.25) is 0 Å².